The highest BCUT2D eigenvalue weighted by Crippen LogP contribution is 2.06. The summed E-state index contributed by atoms with van der Waals surface area (Å²) in [6, 6.07) is -5.84. The number of carbonyl (C=O) groups excluding carboxylic acids is 5. The van der Waals surface area contributed by atoms with Crippen molar-refractivity contribution < 1.29 is 43.8 Å². The molecular formula is C20H35N9O9. The molecule has 5 amide bonds. The predicted molar refractivity (Wildman–Crippen MR) is 130 cm³/mol. The van der Waals surface area contributed by atoms with Crippen LogP contribution < -0.4 is 44.6 Å². The van der Waals surface area contributed by atoms with Gasteiger partial charge in [-0.3, -0.25) is 33.8 Å². The third-order valence-corrected chi connectivity index (χ3v) is 4.91. The Bertz CT molecular complexity index is 922. The van der Waals surface area contributed by atoms with Crippen molar-refractivity contribution in [3.63, 3.8) is 0 Å². The maximum atomic E-state index is 12.9. The Hall–Kier alpha value is -4.48. The van der Waals surface area contributed by atoms with E-state index in [9.17, 15) is 38.7 Å². The van der Waals surface area contributed by atoms with Crippen LogP contribution in [0.2, 0.25) is 0 Å². The van der Waals surface area contributed by atoms with Gasteiger partial charge in [-0.25, -0.2) is 4.79 Å². The lowest BCUT2D eigenvalue weighted by Crippen LogP contribution is -2.57. The molecule has 0 aliphatic heterocycles. The van der Waals surface area contributed by atoms with Crippen molar-refractivity contribution in [3.05, 3.63) is 0 Å². The SMILES string of the molecule is NC(=O)CCC(NC(=O)C(CCC(=O)O)NC(=O)C(N)CC(N)=O)C(=O)NC(CCCN=C(N)N)C(=O)O. The molecule has 0 bridgehead atoms. The summed E-state index contributed by atoms with van der Waals surface area (Å²) in [4.78, 5) is 86.5. The van der Waals surface area contributed by atoms with E-state index in [1.54, 1.807) is 0 Å². The molecule has 0 aromatic carbocycles. The lowest BCUT2D eigenvalue weighted by atomic mass is 10.1. The number of guanidine groups is 1. The summed E-state index contributed by atoms with van der Waals surface area (Å²) in [7, 11) is 0. The fraction of sp³-hybridized carbons (Fsp3) is 0.600. The van der Waals surface area contributed by atoms with Gasteiger partial charge in [-0.15, -0.1) is 0 Å². The molecule has 15 N–H and O–H groups in total. The number of hydrogen-bond acceptors (Lipinski definition) is 9. The molecule has 0 heterocycles. The summed E-state index contributed by atoms with van der Waals surface area (Å²) in [5.41, 5.74) is 26.1. The zero-order valence-corrected chi connectivity index (χ0v) is 20.6. The van der Waals surface area contributed by atoms with Crippen LogP contribution in [0.1, 0.15) is 44.9 Å². The normalized spacial score (nSPS) is 13.6. The molecule has 18 heteroatoms. The summed E-state index contributed by atoms with van der Waals surface area (Å²) in [6.45, 7) is 0.0899. The van der Waals surface area contributed by atoms with Crippen molar-refractivity contribution in [2.45, 2.75) is 69.1 Å². The highest BCUT2D eigenvalue weighted by atomic mass is 16.4. The molecule has 0 saturated heterocycles. The van der Waals surface area contributed by atoms with E-state index in [1.165, 1.54) is 0 Å². The average Bonchev–Trinajstić information content (AvgIpc) is 2.79. The minimum Gasteiger partial charge on any atom is -0.481 e. The molecule has 0 aliphatic carbocycles. The molecule has 214 valence electrons. The van der Waals surface area contributed by atoms with E-state index in [0.29, 0.717) is 0 Å². The molecule has 4 unspecified atom stereocenters. The molecule has 0 fully saturated rings. The van der Waals surface area contributed by atoms with Gasteiger partial charge in [0.1, 0.15) is 18.1 Å². The van der Waals surface area contributed by atoms with Crippen molar-refractivity contribution in [2.24, 2.45) is 33.7 Å². The fourth-order valence-electron chi connectivity index (χ4n) is 2.99. The van der Waals surface area contributed by atoms with E-state index < -0.39 is 84.9 Å². The van der Waals surface area contributed by atoms with Crippen LogP contribution in [0.4, 0.5) is 0 Å². The van der Waals surface area contributed by atoms with Gasteiger partial charge < -0.3 is 54.8 Å². The topological polar surface area (TPSA) is 338 Å². The molecule has 0 aliphatic rings. The van der Waals surface area contributed by atoms with Crippen molar-refractivity contribution in [2.75, 3.05) is 6.54 Å². The molecule has 0 spiro atoms. The van der Waals surface area contributed by atoms with Gasteiger partial charge >= 0.3 is 11.9 Å². The second kappa shape index (κ2) is 17.1. The number of hydrogen-bond donors (Lipinski definition) is 10. The van der Waals surface area contributed by atoms with E-state index >= 15 is 0 Å². The number of carbonyl (C=O) groups is 7. The number of aliphatic carboxylic acids is 2. The minimum atomic E-state index is -1.52. The number of rotatable bonds is 19. The standard InChI is InChI=1S/C20H35N9O9/c21-9(8-14(23)31)16(34)27-11(4-6-15(32)33)17(35)28-10(3-5-13(22)30)18(36)29-12(19(37)38)2-1-7-26-20(24)25/h9-12H,1-8,21H2,(H2,22,30)(H2,23,31)(H,27,34)(H,28,35)(H,29,36)(H,32,33)(H,37,38)(H4,24,25,26). The predicted octanol–water partition coefficient (Wildman–Crippen LogP) is -5.09. The lowest BCUT2D eigenvalue weighted by Gasteiger charge is -2.25. The summed E-state index contributed by atoms with van der Waals surface area (Å²) in [6.07, 6.45) is -2.17. The number of carboxylic acids is 2. The Morgan fingerprint density at radius 2 is 1.18 bits per heavy atom. The van der Waals surface area contributed by atoms with Gasteiger partial charge in [0.15, 0.2) is 5.96 Å². The van der Waals surface area contributed by atoms with Crippen LogP contribution in [-0.4, -0.2) is 88.4 Å². The van der Waals surface area contributed by atoms with Crippen molar-refractivity contribution in [1.29, 1.82) is 0 Å². The smallest absolute Gasteiger partial charge is 0.326 e. The summed E-state index contributed by atoms with van der Waals surface area (Å²) < 4.78 is 0. The zero-order valence-electron chi connectivity index (χ0n) is 20.6. The molecule has 0 saturated carbocycles. The quantitative estimate of drug-likeness (QED) is 0.0414. The highest BCUT2D eigenvalue weighted by Gasteiger charge is 2.31. The van der Waals surface area contributed by atoms with Crippen LogP contribution in [0, 0.1) is 0 Å². The lowest BCUT2D eigenvalue weighted by molar-refractivity contribution is -0.142. The Kier molecular flexibility index (Phi) is 15.0. The van der Waals surface area contributed by atoms with Crippen molar-refractivity contribution in [1.82, 2.24) is 16.0 Å². The van der Waals surface area contributed by atoms with E-state index in [0.717, 1.165) is 0 Å². The van der Waals surface area contributed by atoms with Gasteiger partial charge in [0.25, 0.3) is 0 Å². The maximum absolute atomic E-state index is 12.9. The largest absolute Gasteiger partial charge is 0.481 e. The minimum absolute atomic E-state index is 0.0800. The van der Waals surface area contributed by atoms with Gasteiger partial charge in [-0.05, 0) is 25.7 Å². The van der Waals surface area contributed by atoms with E-state index in [4.69, 9.17) is 33.8 Å². The maximum Gasteiger partial charge on any atom is 0.326 e. The van der Waals surface area contributed by atoms with Gasteiger partial charge in [-0.1, -0.05) is 0 Å². The number of primary amides is 2. The Morgan fingerprint density at radius 1 is 0.684 bits per heavy atom. The Morgan fingerprint density at radius 3 is 1.63 bits per heavy atom. The number of nitrogens with zero attached hydrogens (tertiary/aromatic N) is 1. The molecule has 18 nitrogen and oxygen atoms in total. The van der Waals surface area contributed by atoms with Gasteiger partial charge in [0, 0.05) is 19.4 Å². The van der Waals surface area contributed by atoms with Crippen LogP contribution in [0.25, 0.3) is 0 Å². The van der Waals surface area contributed by atoms with Crippen LogP contribution in [0.3, 0.4) is 0 Å². The highest BCUT2D eigenvalue weighted by molar-refractivity contribution is 5.95. The third-order valence-electron chi connectivity index (χ3n) is 4.91. The molecule has 0 aromatic rings. The number of aliphatic imine (C=N–C) groups is 1. The van der Waals surface area contributed by atoms with E-state index in [2.05, 4.69) is 20.9 Å². The molecule has 0 aromatic heterocycles. The Balaban J connectivity index is 5.63. The van der Waals surface area contributed by atoms with Crippen LogP contribution in [-0.2, 0) is 33.6 Å². The summed E-state index contributed by atoms with van der Waals surface area (Å²) >= 11 is 0. The van der Waals surface area contributed by atoms with Gasteiger partial charge in [0.05, 0.1) is 12.5 Å². The molecular weight excluding hydrogens is 510 g/mol. The summed E-state index contributed by atoms with van der Waals surface area (Å²) in [5.74, 6) is -7.61. The molecule has 0 radical (unpaired) electrons. The van der Waals surface area contributed by atoms with E-state index in [-0.39, 0.29) is 38.2 Å². The molecule has 4 atom stereocenters. The average molecular weight is 546 g/mol. The number of nitrogens with one attached hydrogen (secondary N) is 3. The molecule has 0 rings (SSSR count). The number of amides is 5. The second-order valence-corrected chi connectivity index (χ2v) is 8.18. The van der Waals surface area contributed by atoms with Crippen molar-refractivity contribution in [3.8, 4) is 0 Å². The first-order valence-electron chi connectivity index (χ1n) is 11.4. The molecule has 38 heavy (non-hydrogen) atoms. The first-order valence-corrected chi connectivity index (χ1v) is 11.4. The van der Waals surface area contributed by atoms with Crippen LogP contribution in [0.5, 0.6) is 0 Å². The first kappa shape index (κ1) is 33.5. The summed E-state index contributed by atoms with van der Waals surface area (Å²) in [5, 5.41) is 25.1. The monoisotopic (exact) mass is 545 g/mol. The third kappa shape index (κ3) is 14.8. The van der Waals surface area contributed by atoms with Crippen LogP contribution >= 0.6 is 0 Å². The number of carboxylic acid groups (broad SMARTS) is 2. The second-order valence-electron chi connectivity index (χ2n) is 8.18. The van der Waals surface area contributed by atoms with Gasteiger partial charge in [0.2, 0.25) is 29.5 Å². The van der Waals surface area contributed by atoms with Gasteiger partial charge in [-0.2, -0.15) is 0 Å². The van der Waals surface area contributed by atoms with E-state index in [1.807, 2.05) is 0 Å². The van der Waals surface area contributed by atoms with Crippen LogP contribution in [0.15, 0.2) is 4.99 Å². The zero-order chi connectivity index (χ0) is 29.4. The first-order chi connectivity index (χ1) is 17.6. The Labute approximate surface area is 217 Å². The van der Waals surface area contributed by atoms with Crippen molar-refractivity contribution >= 4 is 47.4 Å². The number of nitrogens with two attached hydrogens (primary N) is 5. The fourth-order valence-corrected chi connectivity index (χ4v) is 2.99.